The number of likely N-dealkylation sites (tertiary alicyclic amines) is 1. The monoisotopic (exact) mass is 384 g/mol. The molecule has 1 aliphatic rings. The van der Waals surface area contributed by atoms with Crippen LogP contribution in [0.2, 0.25) is 0 Å². The van der Waals surface area contributed by atoms with Crippen LogP contribution in [0.5, 0.6) is 0 Å². The van der Waals surface area contributed by atoms with Gasteiger partial charge in [0.1, 0.15) is 0 Å². The van der Waals surface area contributed by atoms with E-state index in [-0.39, 0.29) is 18.0 Å². The van der Waals surface area contributed by atoms with Crippen molar-refractivity contribution in [3.63, 3.8) is 0 Å². The molecule has 1 aromatic heterocycles. The molecule has 150 valence electrons. The Morgan fingerprint density at radius 2 is 1.89 bits per heavy atom. The Morgan fingerprint density at radius 3 is 2.46 bits per heavy atom. The molecule has 0 bridgehead atoms. The summed E-state index contributed by atoms with van der Waals surface area (Å²) in [5, 5.41) is 4.41. The van der Waals surface area contributed by atoms with Crippen LogP contribution in [-0.4, -0.2) is 57.3 Å². The summed E-state index contributed by atoms with van der Waals surface area (Å²) in [6.45, 7) is 5.80. The van der Waals surface area contributed by atoms with Gasteiger partial charge in [-0.05, 0) is 44.9 Å². The first-order valence-electron chi connectivity index (χ1n) is 9.76. The lowest BCUT2D eigenvalue weighted by atomic mass is 10.0. The maximum absolute atomic E-state index is 13.3. The van der Waals surface area contributed by atoms with Crippen molar-refractivity contribution >= 4 is 12.0 Å². The number of ether oxygens (including phenoxy) is 1. The number of benzene rings is 1. The molecule has 2 heterocycles. The van der Waals surface area contributed by atoms with Gasteiger partial charge in [-0.2, -0.15) is 5.10 Å². The summed E-state index contributed by atoms with van der Waals surface area (Å²) in [6, 6.07) is 11.4. The van der Waals surface area contributed by atoms with Crippen molar-refractivity contribution < 1.29 is 14.3 Å². The summed E-state index contributed by atoms with van der Waals surface area (Å²) in [7, 11) is 1.90. The molecule has 7 heteroatoms. The highest BCUT2D eigenvalue weighted by atomic mass is 16.6. The molecule has 7 nitrogen and oxygen atoms in total. The molecule has 1 aromatic carbocycles. The molecule has 0 saturated carbocycles. The van der Waals surface area contributed by atoms with Crippen LogP contribution in [-0.2, 0) is 18.3 Å². The highest BCUT2D eigenvalue weighted by Gasteiger charge is 2.31. The van der Waals surface area contributed by atoms with Gasteiger partial charge in [-0.15, -0.1) is 0 Å². The van der Waals surface area contributed by atoms with Crippen LogP contribution in [0.3, 0.4) is 0 Å². The molecule has 0 aliphatic carbocycles. The molecule has 0 atom stereocenters. The van der Waals surface area contributed by atoms with Gasteiger partial charge in [0, 0.05) is 31.7 Å². The quantitative estimate of drug-likeness (QED) is 0.795. The first-order chi connectivity index (χ1) is 13.5. The van der Waals surface area contributed by atoms with Crippen molar-refractivity contribution in [1.82, 2.24) is 19.6 Å². The zero-order valence-electron chi connectivity index (χ0n) is 16.8. The van der Waals surface area contributed by atoms with Gasteiger partial charge in [-0.25, -0.2) is 4.79 Å². The van der Waals surface area contributed by atoms with E-state index in [2.05, 4.69) is 5.10 Å². The Bertz CT molecular complexity index is 810. The second-order valence-electron chi connectivity index (χ2n) is 7.12. The minimum Gasteiger partial charge on any atom is -0.450 e. The van der Waals surface area contributed by atoms with Crippen LogP contribution in [0.1, 0.15) is 41.5 Å². The smallest absolute Gasteiger partial charge is 0.409 e. The van der Waals surface area contributed by atoms with E-state index in [9.17, 15) is 9.59 Å². The van der Waals surface area contributed by atoms with Crippen molar-refractivity contribution in [3.8, 4) is 0 Å². The Balaban J connectivity index is 1.78. The summed E-state index contributed by atoms with van der Waals surface area (Å²) >= 11 is 0. The van der Waals surface area contributed by atoms with Crippen LogP contribution < -0.4 is 0 Å². The number of aromatic nitrogens is 2. The first kappa shape index (κ1) is 19.9. The maximum Gasteiger partial charge on any atom is 0.409 e. The molecule has 0 unspecified atom stereocenters. The standard InChI is InChI=1S/C21H28N4O3/c1-4-28-21(27)24-12-10-18(11-13-24)25(15-19-14-16(2)22-23(19)3)20(26)17-8-6-5-7-9-17/h5-9,14,18H,4,10-13,15H2,1-3H3. The van der Waals surface area contributed by atoms with E-state index in [0.29, 0.717) is 31.8 Å². The number of piperidine rings is 1. The molecule has 2 aromatic rings. The number of aryl methyl sites for hydroxylation is 2. The third-order valence-corrected chi connectivity index (χ3v) is 5.14. The van der Waals surface area contributed by atoms with E-state index in [1.807, 2.05) is 60.0 Å². The number of amides is 2. The van der Waals surface area contributed by atoms with Gasteiger partial charge in [0.25, 0.3) is 5.91 Å². The summed E-state index contributed by atoms with van der Waals surface area (Å²) < 4.78 is 6.93. The van der Waals surface area contributed by atoms with Gasteiger partial charge >= 0.3 is 6.09 Å². The lowest BCUT2D eigenvalue weighted by Crippen LogP contribution is -2.48. The van der Waals surface area contributed by atoms with Gasteiger partial charge in [0.15, 0.2) is 0 Å². The molecule has 1 saturated heterocycles. The summed E-state index contributed by atoms with van der Waals surface area (Å²) in [5.74, 6) is 0.00837. The fourth-order valence-corrected chi connectivity index (χ4v) is 3.67. The molecular weight excluding hydrogens is 356 g/mol. The average Bonchev–Trinajstić information content (AvgIpc) is 3.03. The van der Waals surface area contributed by atoms with E-state index < -0.39 is 0 Å². The van der Waals surface area contributed by atoms with Crippen LogP contribution >= 0.6 is 0 Å². The Kier molecular flexibility index (Phi) is 6.34. The number of carbonyl (C=O) groups is 2. The number of carbonyl (C=O) groups excluding carboxylic acids is 2. The van der Waals surface area contributed by atoms with Gasteiger partial charge in [-0.1, -0.05) is 18.2 Å². The third-order valence-electron chi connectivity index (χ3n) is 5.14. The van der Waals surface area contributed by atoms with Gasteiger partial charge < -0.3 is 14.5 Å². The molecule has 1 fully saturated rings. The van der Waals surface area contributed by atoms with Crippen molar-refractivity contribution in [3.05, 3.63) is 53.3 Å². The normalized spacial score (nSPS) is 14.8. The molecule has 1 aliphatic heterocycles. The van der Waals surface area contributed by atoms with Crippen molar-refractivity contribution in [2.45, 2.75) is 39.3 Å². The molecule has 0 radical (unpaired) electrons. The van der Waals surface area contributed by atoms with Gasteiger partial charge in [-0.3, -0.25) is 9.48 Å². The van der Waals surface area contributed by atoms with Crippen LogP contribution in [0.4, 0.5) is 4.79 Å². The van der Waals surface area contributed by atoms with Gasteiger partial charge in [0.2, 0.25) is 0 Å². The molecule has 28 heavy (non-hydrogen) atoms. The molecule has 0 spiro atoms. The highest BCUT2D eigenvalue weighted by molar-refractivity contribution is 5.94. The lowest BCUT2D eigenvalue weighted by Gasteiger charge is -2.38. The van der Waals surface area contributed by atoms with Crippen LogP contribution in [0.15, 0.2) is 36.4 Å². The second kappa shape index (κ2) is 8.91. The largest absolute Gasteiger partial charge is 0.450 e. The first-order valence-corrected chi connectivity index (χ1v) is 9.76. The van der Waals surface area contributed by atoms with Crippen molar-refractivity contribution in [2.24, 2.45) is 7.05 Å². The highest BCUT2D eigenvalue weighted by Crippen LogP contribution is 2.22. The molecule has 3 rings (SSSR count). The minimum absolute atomic E-state index is 0.00837. The zero-order valence-corrected chi connectivity index (χ0v) is 16.8. The van der Waals surface area contributed by atoms with E-state index in [1.54, 1.807) is 11.8 Å². The number of rotatable bonds is 5. The van der Waals surface area contributed by atoms with Crippen molar-refractivity contribution in [2.75, 3.05) is 19.7 Å². The predicted octanol–water partition coefficient (Wildman–Crippen LogP) is 2.99. The van der Waals surface area contributed by atoms with Crippen LogP contribution in [0.25, 0.3) is 0 Å². The fourth-order valence-electron chi connectivity index (χ4n) is 3.67. The Hall–Kier alpha value is -2.83. The zero-order chi connectivity index (χ0) is 20.1. The molecule has 2 amide bonds. The summed E-state index contributed by atoms with van der Waals surface area (Å²) in [5.41, 5.74) is 2.60. The van der Waals surface area contributed by atoms with Crippen LogP contribution in [0, 0.1) is 6.92 Å². The Labute approximate surface area is 165 Å². The summed E-state index contributed by atoms with van der Waals surface area (Å²) in [6.07, 6.45) is 1.19. The predicted molar refractivity (Wildman–Crippen MR) is 106 cm³/mol. The summed E-state index contributed by atoms with van der Waals surface area (Å²) in [4.78, 5) is 28.9. The minimum atomic E-state index is -0.274. The maximum atomic E-state index is 13.3. The number of hydrogen-bond acceptors (Lipinski definition) is 4. The second-order valence-corrected chi connectivity index (χ2v) is 7.12. The Morgan fingerprint density at radius 1 is 1.21 bits per heavy atom. The topological polar surface area (TPSA) is 67.7 Å². The van der Waals surface area contributed by atoms with E-state index in [4.69, 9.17) is 4.74 Å². The lowest BCUT2D eigenvalue weighted by molar-refractivity contribution is 0.0510. The fraction of sp³-hybridized carbons (Fsp3) is 0.476. The van der Waals surface area contributed by atoms with E-state index in [1.165, 1.54) is 0 Å². The third kappa shape index (κ3) is 4.52. The van der Waals surface area contributed by atoms with E-state index in [0.717, 1.165) is 24.2 Å². The molecule has 0 N–H and O–H groups in total. The van der Waals surface area contributed by atoms with Gasteiger partial charge in [0.05, 0.1) is 24.5 Å². The average molecular weight is 384 g/mol. The number of nitrogens with zero attached hydrogens (tertiary/aromatic N) is 4. The van der Waals surface area contributed by atoms with E-state index >= 15 is 0 Å². The molecular formula is C21H28N4O3. The number of hydrogen-bond donors (Lipinski definition) is 0. The SMILES string of the molecule is CCOC(=O)N1CCC(N(Cc2cc(C)nn2C)C(=O)c2ccccc2)CC1. The van der Waals surface area contributed by atoms with Crippen molar-refractivity contribution in [1.29, 1.82) is 0 Å².